The third kappa shape index (κ3) is 4.06. The molecule has 0 aromatic heterocycles. The van der Waals surface area contributed by atoms with Crippen molar-refractivity contribution in [1.82, 2.24) is 5.32 Å². The third-order valence-electron chi connectivity index (χ3n) is 6.98. The van der Waals surface area contributed by atoms with E-state index < -0.39 is 23.2 Å². The summed E-state index contributed by atoms with van der Waals surface area (Å²) < 4.78 is 42.3. The lowest BCUT2D eigenvalue weighted by Crippen LogP contribution is -2.53. The quantitative estimate of drug-likeness (QED) is 0.431. The van der Waals surface area contributed by atoms with Crippen LogP contribution < -0.4 is 10.6 Å². The van der Waals surface area contributed by atoms with Gasteiger partial charge in [0.1, 0.15) is 0 Å². The first-order valence-electron chi connectivity index (χ1n) is 11.1. The van der Waals surface area contributed by atoms with E-state index in [2.05, 4.69) is 10.6 Å². The topological polar surface area (TPSA) is 41.1 Å². The Bertz CT molecular complexity index is 1160. The van der Waals surface area contributed by atoms with Gasteiger partial charge < -0.3 is 10.6 Å². The molecule has 2 aromatic rings. The van der Waals surface area contributed by atoms with E-state index in [1.807, 2.05) is 19.1 Å². The van der Waals surface area contributed by atoms with Crippen LogP contribution in [0.1, 0.15) is 42.5 Å². The highest BCUT2D eigenvalue weighted by Crippen LogP contribution is 2.56. The summed E-state index contributed by atoms with van der Waals surface area (Å²) in [6.45, 7) is 1.95. The zero-order valence-corrected chi connectivity index (χ0v) is 20.2. The Balaban J connectivity index is 2.01. The molecule has 2 aliphatic rings. The average molecular weight is 509 g/mol. The van der Waals surface area contributed by atoms with E-state index in [1.165, 1.54) is 12.1 Å². The molecular formula is C26H25Cl2F3N2O. The van der Waals surface area contributed by atoms with Gasteiger partial charge in [-0.15, -0.1) is 0 Å². The SMILES string of the molecule is CC[C@@H](C1C=CC=C(Cl)C1)[C@@]1([C@@H](NC)c2ccccc2C(F)(F)F)C(=O)Nc2cc(Cl)ccc21. The van der Waals surface area contributed by atoms with Crippen LogP contribution in [-0.4, -0.2) is 13.0 Å². The smallest absolute Gasteiger partial charge is 0.325 e. The van der Waals surface area contributed by atoms with Crippen LogP contribution in [0.2, 0.25) is 5.02 Å². The van der Waals surface area contributed by atoms with E-state index in [0.717, 1.165) is 6.07 Å². The van der Waals surface area contributed by atoms with Crippen LogP contribution in [0, 0.1) is 11.8 Å². The normalized spacial score (nSPS) is 23.8. The summed E-state index contributed by atoms with van der Waals surface area (Å²) >= 11 is 12.6. The Hall–Kier alpha value is -2.28. The maximum absolute atomic E-state index is 14.1. The molecule has 8 heteroatoms. The van der Waals surface area contributed by atoms with Crippen LogP contribution >= 0.6 is 23.2 Å². The number of hydrogen-bond donors (Lipinski definition) is 2. The molecule has 1 unspecified atom stereocenters. The van der Waals surface area contributed by atoms with Crippen molar-refractivity contribution in [3.63, 3.8) is 0 Å². The minimum Gasteiger partial charge on any atom is -0.325 e. The summed E-state index contributed by atoms with van der Waals surface area (Å²) in [6.07, 6.45) is 2.11. The van der Waals surface area contributed by atoms with Gasteiger partial charge in [-0.1, -0.05) is 73.0 Å². The van der Waals surface area contributed by atoms with Crippen LogP contribution in [-0.2, 0) is 16.4 Å². The van der Waals surface area contributed by atoms with Crippen LogP contribution in [0.3, 0.4) is 0 Å². The number of rotatable bonds is 6. The number of carbonyl (C=O) groups is 1. The molecule has 0 spiro atoms. The Morgan fingerprint density at radius 2 is 1.94 bits per heavy atom. The molecule has 3 nitrogen and oxygen atoms in total. The Kier molecular flexibility index (Phi) is 6.87. The van der Waals surface area contributed by atoms with E-state index in [1.54, 1.807) is 37.4 Å². The number of halogens is 5. The largest absolute Gasteiger partial charge is 0.416 e. The number of alkyl halides is 3. The van der Waals surface area contributed by atoms with E-state index in [9.17, 15) is 18.0 Å². The molecule has 180 valence electrons. The fraction of sp³-hybridized carbons (Fsp3) is 0.346. The van der Waals surface area contributed by atoms with Crippen LogP contribution in [0.5, 0.6) is 0 Å². The molecule has 0 radical (unpaired) electrons. The molecule has 1 amide bonds. The maximum Gasteiger partial charge on any atom is 0.416 e. The molecule has 0 saturated heterocycles. The number of fused-ring (bicyclic) bond motifs is 1. The van der Waals surface area contributed by atoms with Gasteiger partial charge in [-0.05, 0) is 60.7 Å². The van der Waals surface area contributed by atoms with Gasteiger partial charge in [0.15, 0.2) is 0 Å². The number of hydrogen-bond acceptors (Lipinski definition) is 2. The first-order valence-corrected chi connectivity index (χ1v) is 11.9. The molecule has 1 aliphatic heterocycles. The van der Waals surface area contributed by atoms with Gasteiger partial charge in [-0.2, -0.15) is 13.2 Å². The second-order valence-corrected chi connectivity index (χ2v) is 9.62. The fourth-order valence-electron chi connectivity index (χ4n) is 5.74. The maximum atomic E-state index is 14.1. The zero-order valence-electron chi connectivity index (χ0n) is 18.7. The van der Waals surface area contributed by atoms with Crippen LogP contribution in [0.15, 0.2) is 65.7 Å². The van der Waals surface area contributed by atoms with Gasteiger partial charge >= 0.3 is 6.18 Å². The highest BCUT2D eigenvalue weighted by molar-refractivity contribution is 6.31. The Labute approximate surface area is 207 Å². The Morgan fingerprint density at radius 3 is 2.59 bits per heavy atom. The van der Waals surface area contributed by atoms with E-state index in [0.29, 0.717) is 34.1 Å². The van der Waals surface area contributed by atoms with Gasteiger partial charge in [-0.3, -0.25) is 4.79 Å². The van der Waals surface area contributed by atoms with Crippen molar-refractivity contribution in [2.75, 3.05) is 12.4 Å². The number of allylic oxidation sites excluding steroid dienone is 4. The number of nitrogens with one attached hydrogen (secondary N) is 2. The van der Waals surface area contributed by atoms with Gasteiger partial charge in [0.2, 0.25) is 5.91 Å². The summed E-state index contributed by atoms with van der Waals surface area (Å²) in [5.74, 6) is -0.858. The molecule has 1 aliphatic carbocycles. The molecule has 0 saturated carbocycles. The summed E-state index contributed by atoms with van der Waals surface area (Å²) in [4.78, 5) is 14.0. The molecule has 0 fully saturated rings. The van der Waals surface area contributed by atoms with E-state index >= 15 is 0 Å². The molecule has 2 N–H and O–H groups in total. The molecule has 4 rings (SSSR count). The van der Waals surface area contributed by atoms with Crippen molar-refractivity contribution < 1.29 is 18.0 Å². The fourth-order valence-corrected chi connectivity index (χ4v) is 6.16. The van der Waals surface area contributed by atoms with Gasteiger partial charge in [0.05, 0.1) is 17.0 Å². The molecule has 34 heavy (non-hydrogen) atoms. The second-order valence-electron chi connectivity index (χ2n) is 8.70. The Morgan fingerprint density at radius 1 is 1.21 bits per heavy atom. The summed E-state index contributed by atoms with van der Waals surface area (Å²) in [6, 6.07) is 9.55. The number of amides is 1. The number of anilines is 1. The van der Waals surface area contributed by atoms with Crippen molar-refractivity contribution in [3.05, 3.63) is 87.4 Å². The third-order valence-corrected chi connectivity index (χ3v) is 7.50. The predicted molar refractivity (Wildman–Crippen MR) is 130 cm³/mol. The number of likely N-dealkylation sites (N-methyl/N-ethyl adjacent to an activating group) is 1. The van der Waals surface area contributed by atoms with Gasteiger partial charge in [0, 0.05) is 15.7 Å². The lowest BCUT2D eigenvalue weighted by molar-refractivity contribution is -0.139. The first kappa shape index (κ1) is 24.8. The minimum absolute atomic E-state index is 0.0235. The van der Waals surface area contributed by atoms with Crippen molar-refractivity contribution in [2.45, 2.75) is 37.4 Å². The van der Waals surface area contributed by atoms with Gasteiger partial charge in [0.25, 0.3) is 0 Å². The minimum atomic E-state index is -4.58. The summed E-state index contributed by atoms with van der Waals surface area (Å²) in [5, 5.41) is 7.10. The van der Waals surface area contributed by atoms with Crippen LogP contribution in [0.4, 0.5) is 18.9 Å². The molecular weight excluding hydrogens is 484 g/mol. The van der Waals surface area contributed by atoms with Crippen molar-refractivity contribution in [3.8, 4) is 0 Å². The van der Waals surface area contributed by atoms with E-state index in [4.69, 9.17) is 23.2 Å². The molecule has 1 heterocycles. The lowest BCUT2D eigenvalue weighted by Gasteiger charge is -2.45. The van der Waals surface area contributed by atoms with Crippen molar-refractivity contribution in [2.24, 2.45) is 11.8 Å². The second kappa shape index (κ2) is 9.40. The number of carbonyl (C=O) groups excluding carboxylic acids is 1. The standard InChI is InChI=1S/C26H25Cl2F3N2O/c1-3-19(15-7-6-8-16(27)13-15)25(21-12-11-17(28)14-22(21)33-24(25)34)23(32-2)18-9-4-5-10-20(18)26(29,30)31/h4-12,14-15,19,23,32H,3,13H2,1-2H3,(H,33,34)/t15?,19-,23-,25+/m0/s1. The summed E-state index contributed by atoms with van der Waals surface area (Å²) in [7, 11) is 1.59. The van der Waals surface area contributed by atoms with Crippen molar-refractivity contribution in [1.29, 1.82) is 0 Å². The zero-order chi connectivity index (χ0) is 24.7. The average Bonchev–Trinajstić information content (AvgIpc) is 3.06. The highest BCUT2D eigenvalue weighted by Gasteiger charge is 2.59. The summed E-state index contributed by atoms with van der Waals surface area (Å²) in [5.41, 5.74) is -0.939. The van der Waals surface area contributed by atoms with Crippen molar-refractivity contribution >= 4 is 34.8 Å². The van der Waals surface area contributed by atoms with Crippen LogP contribution in [0.25, 0.3) is 0 Å². The highest BCUT2D eigenvalue weighted by atomic mass is 35.5. The molecule has 0 bridgehead atoms. The molecule has 2 aromatic carbocycles. The van der Waals surface area contributed by atoms with Gasteiger partial charge in [-0.25, -0.2) is 0 Å². The first-order chi connectivity index (χ1) is 16.1. The molecule has 4 atom stereocenters. The number of benzene rings is 2. The van der Waals surface area contributed by atoms with E-state index in [-0.39, 0.29) is 23.3 Å². The predicted octanol–water partition coefficient (Wildman–Crippen LogP) is 7.23. The lowest BCUT2D eigenvalue weighted by atomic mass is 9.58. The monoisotopic (exact) mass is 508 g/mol.